The Morgan fingerprint density at radius 1 is 0.643 bits per heavy atom. The number of rotatable bonds is 17. The van der Waals surface area contributed by atoms with E-state index >= 15 is 0 Å². The highest BCUT2D eigenvalue weighted by Crippen LogP contribution is 2.41. The van der Waals surface area contributed by atoms with Crippen LogP contribution in [0.1, 0.15) is 66.3 Å². The van der Waals surface area contributed by atoms with Crippen LogP contribution in [0.2, 0.25) is 0 Å². The predicted molar refractivity (Wildman–Crippen MR) is 265 cm³/mol. The van der Waals surface area contributed by atoms with Crippen molar-refractivity contribution in [1.82, 2.24) is 8.25 Å². The zero-order chi connectivity index (χ0) is 50.6. The Morgan fingerprint density at radius 2 is 1.10 bits per heavy atom. The zero-order valence-corrected chi connectivity index (χ0v) is 40.9. The van der Waals surface area contributed by atoms with Crippen LogP contribution in [0.4, 0.5) is 54.8 Å². The van der Waals surface area contributed by atoms with Gasteiger partial charge in [-0.2, -0.15) is 26.3 Å². The molecular weight excluding hydrogens is 997 g/mol. The Morgan fingerprint density at radius 3 is 1.57 bits per heavy atom. The van der Waals surface area contributed by atoms with Gasteiger partial charge < -0.3 is 20.7 Å². The number of hydrogen-bond donors (Lipinski definition) is 5. The molecule has 1 fully saturated rings. The standard InChI is InChI=1S/C49H47F6N5O6S4/c1-29(2)47(61)66-43-12-8-7-11-42(43)58-41-26-25-40(38-9-5-6-10-39(38)41)46(32-15-21-34(22-16-32)56-36-19-13-30(3)44(27-36)69(62,63)59-67-48(50,51)52)33-17-23-35(24-18-33)57-37-20-14-31(4)45(28-37)70(64,65)60-68-49(53,54)55/h5-6,9-10,13-28,42-43,46,56-60H,1,7-8,11-12H2,2-4H3. The highest BCUT2D eigenvalue weighted by molar-refractivity contribution is 8.10. The van der Waals surface area contributed by atoms with Gasteiger partial charge in [0, 0.05) is 69.2 Å². The molecule has 70 heavy (non-hydrogen) atoms. The van der Waals surface area contributed by atoms with Crippen molar-refractivity contribution in [3.05, 3.63) is 161 Å². The fraction of sp³-hybridized carbons (Fsp3) is 0.245. The number of ether oxygens (including phenoxy) is 1. The second kappa shape index (κ2) is 21.3. The lowest BCUT2D eigenvalue weighted by Gasteiger charge is -2.33. The second-order valence-corrected chi connectivity index (χ2v) is 22.2. The zero-order valence-electron chi connectivity index (χ0n) is 37.7. The number of benzene rings is 6. The molecule has 0 spiro atoms. The first-order valence-corrected chi connectivity index (χ1v) is 26.2. The summed E-state index contributed by atoms with van der Waals surface area (Å²) in [6.45, 7) is 8.31. The minimum Gasteiger partial charge on any atom is -0.457 e. The SMILES string of the molecule is C=C(C)C(=O)OC1CCCCC1Nc1ccc(C(c2ccc(Nc3ccc(C)c(S(=O)(=O)NSC(F)(F)F)c3)cc2)c2ccc(Nc3ccc(C)c(S(=O)(=O)NSC(F)(F)F)c3)cc2)c2ccccc12. The molecule has 0 bridgehead atoms. The molecule has 0 amide bonds. The first-order valence-electron chi connectivity index (χ1n) is 21.6. The van der Waals surface area contributed by atoms with E-state index in [1.807, 2.05) is 60.7 Å². The molecule has 1 saturated carbocycles. The van der Waals surface area contributed by atoms with Gasteiger partial charge in [-0.3, -0.25) is 0 Å². The maximum Gasteiger partial charge on any atom is 0.457 e. The van der Waals surface area contributed by atoms with Crippen molar-refractivity contribution in [2.24, 2.45) is 0 Å². The van der Waals surface area contributed by atoms with Crippen LogP contribution in [-0.4, -0.2) is 46.0 Å². The summed E-state index contributed by atoms with van der Waals surface area (Å²) in [4.78, 5) is 11.9. The average Bonchev–Trinajstić information content (AvgIpc) is 3.31. The molecule has 370 valence electrons. The van der Waals surface area contributed by atoms with Crippen molar-refractivity contribution in [3.8, 4) is 0 Å². The molecule has 2 atom stereocenters. The number of halogens is 6. The van der Waals surface area contributed by atoms with Gasteiger partial charge in [-0.25, -0.2) is 21.6 Å². The molecule has 0 heterocycles. The summed E-state index contributed by atoms with van der Waals surface area (Å²) in [6, 6.07) is 35.3. The van der Waals surface area contributed by atoms with Crippen molar-refractivity contribution in [2.45, 2.75) is 85.3 Å². The van der Waals surface area contributed by atoms with Crippen LogP contribution in [0.15, 0.2) is 143 Å². The van der Waals surface area contributed by atoms with E-state index in [1.54, 1.807) is 43.3 Å². The van der Waals surface area contributed by atoms with Crippen LogP contribution < -0.4 is 24.2 Å². The molecule has 0 radical (unpaired) electrons. The van der Waals surface area contributed by atoms with Crippen LogP contribution >= 0.6 is 23.9 Å². The summed E-state index contributed by atoms with van der Waals surface area (Å²) in [7, 11) is -9.07. The number of nitrogens with one attached hydrogen (secondary N) is 5. The van der Waals surface area contributed by atoms with Crippen LogP contribution in [0, 0.1) is 13.8 Å². The average molecular weight is 1040 g/mol. The number of esters is 1. The third-order valence-electron chi connectivity index (χ3n) is 11.5. The molecule has 1 aliphatic rings. The van der Waals surface area contributed by atoms with E-state index < -0.39 is 66.8 Å². The van der Waals surface area contributed by atoms with E-state index in [4.69, 9.17) is 4.74 Å². The summed E-state index contributed by atoms with van der Waals surface area (Å²) < 4.78 is 138. The molecule has 5 N–H and O–H groups in total. The van der Waals surface area contributed by atoms with E-state index in [2.05, 4.69) is 22.5 Å². The fourth-order valence-electron chi connectivity index (χ4n) is 8.17. The summed E-state index contributed by atoms with van der Waals surface area (Å²) in [6.07, 6.45) is 3.01. The lowest BCUT2D eigenvalue weighted by Crippen LogP contribution is -2.40. The molecule has 0 saturated heterocycles. The highest BCUT2D eigenvalue weighted by atomic mass is 32.3. The lowest BCUT2D eigenvalue weighted by molar-refractivity contribution is -0.146. The Hall–Kier alpha value is -5.71. The Kier molecular flexibility index (Phi) is 15.9. The Bertz CT molecular complexity index is 2980. The monoisotopic (exact) mass is 1040 g/mol. The van der Waals surface area contributed by atoms with Gasteiger partial charge in [0.15, 0.2) is 0 Å². The van der Waals surface area contributed by atoms with Crippen molar-refractivity contribution >= 4 is 89.1 Å². The normalized spacial score (nSPS) is 15.7. The maximum atomic E-state index is 12.9. The minimum atomic E-state index is -4.83. The van der Waals surface area contributed by atoms with Gasteiger partial charge in [0.2, 0.25) is 20.0 Å². The van der Waals surface area contributed by atoms with Crippen LogP contribution in [0.5, 0.6) is 0 Å². The summed E-state index contributed by atoms with van der Waals surface area (Å²) in [5, 5.41) is 11.8. The van der Waals surface area contributed by atoms with Gasteiger partial charge in [-0.15, -0.1) is 8.25 Å². The van der Waals surface area contributed by atoms with Crippen molar-refractivity contribution in [3.63, 3.8) is 0 Å². The van der Waals surface area contributed by atoms with E-state index in [0.717, 1.165) is 52.4 Å². The topological polar surface area (TPSA) is 155 Å². The molecular formula is C49H47F6N5O6S4. The van der Waals surface area contributed by atoms with Gasteiger partial charge in [0.05, 0.1) is 15.8 Å². The van der Waals surface area contributed by atoms with Gasteiger partial charge in [-0.05, 0) is 128 Å². The van der Waals surface area contributed by atoms with Crippen LogP contribution in [-0.2, 0) is 29.6 Å². The molecule has 6 aromatic carbocycles. The van der Waals surface area contributed by atoms with E-state index in [-0.39, 0.29) is 33.1 Å². The van der Waals surface area contributed by atoms with Gasteiger partial charge in [0.1, 0.15) is 6.10 Å². The van der Waals surface area contributed by atoms with Crippen LogP contribution in [0.3, 0.4) is 0 Å². The first kappa shape index (κ1) is 52.1. The number of alkyl halides is 6. The predicted octanol–water partition coefficient (Wildman–Crippen LogP) is 12.9. The number of anilines is 5. The third kappa shape index (κ3) is 13.2. The number of aryl methyl sites for hydroxylation is 2. The van der Waals surface area contributed by atoms with Gasteiger partial charge in [0.25, 0.3) is 0 Å². The highest BCUT2D eigenvalue weighted by Gasteiger charge is 2.34. The number of hydrogen-bond acceptors (Lipinski definition) is 11. The molecule has 21 heteroatoms. The number of carbonyl (C=O) groups excluding carboxylic acids is 1. The molecule has 11 nitrogen and oxygen atoms in total. The minimum absolute atomic E-state index is 0.151. The Labute approximate surface area is 410 Å². The third-order valence-corrected chi connectivity index (χ3v) is 16.4. The summed E-state index contributed by atoms with van der Waals surface area (Å²) in [5.74, 6) is -0.854. The fourth-order valence-corrected chi connectivity index (χ4v) is 12.1. The van der Waals surface area contributed by atoms with Crippen LogP contribution in [0.25, 0.3) is 10.8 Å². The molecule has 1 aliphatic carbocycles. The van der Waals surface area contributed by atoms with Gasteiger partial charge >= 0.3 is 17.0 Å². The molecule has 0 aliphatic heterocycles. The Balaban J connectivity index is 1.23. The largest absolute Gasteiger partial charge is 0.457 e. The number of fused-ring (bicyclic) bond motifs is 1. The number of carbonyl (C=O) groups is 1. The van der Waals surface area contributed by atoms with E-state index in [0.29, 0.717) is 34.7 Å². The van der Waals surface area contributed by atoms with Crippen molar-refractivity contribution in [2.75, 3.05) is 16.0 Å². The van der Waals surface area contributed by atoms with E-state index in [1.165, 1.54) is 46.4 Å². The second-order valence-electron chi connectivity index (χ2n) is 16.7. The summed E-state index contributed by atoms with van der Waals surface area (Å²) >= 11 is -1.73. The quantitative estimate of drug-likeness (QED) is 0.0195. The molecule has 7 rings (SSSR count). The maximum absolute atomic E-state index is 12.9. The molecule has 2 unspecified atom stereocenters. The smallest absolute Gasteiger partial charge is 0.457 e. The summed E-state index contributed by atoms with van der Waals surface area (Å²) in [5.41, 5.74) is -3.66. The first-order chi connectivity index (χ1) is 33.0. The van der Waals surface area contributed by atoms with Gasteiger partial charge in [-0.1, -0.05) is 79.7 Å². The number of sulfonamides is 2. The van der Waals surface area contributed by atoms with E-state index in [9.17, 15) is 48.0 Å². The van der Waals surface area contributed by atoms with Crippen molar-refractivity contribution in [1.29, 1.82) is 0 Å². The molecule has 0 aromatic heterocycles. The van der Waals surface area contributed by atoms with Crippen molar-refractivity contribution < 1.29 is 52.7 Å². The molecule has 6 aromatic rings. The lowest BCUT2D eigenvalue weighted by atomic mass is 9.82.